The number of carbonyl (C=O) groups is 6. The summed E-state index contributed by atoms with van der Waals surface area (Å²) >= 11 is 2.85. The van der Waals surface area contributed by atoms with Gasteiger partial charge in [0.05, 0.1) is 12.8 Å². The van der Waals surface area contributed by atoms with Crippen LogP contribution in [-0.4, -0.2) is 125 Å². The molecule has 0 aliphatic carbocycles. The molecule has 6 aromatic rings. The van der Waals surface area contributed by atoms with Crippen molar-refractivity contribution in [3.63, 3.8) is 0 Å². The first-order chi connectivity index (χ1) is 40.5. The van der Waals surface area contributed by atoms with E-state index in [0.29, 0.717) is 0 Å². The minimum absolute atomic E-state index is 0. The second-order valence-corrected chi connectivity index (χ2v) is 26.7. The van der Waals surface area contributed by atoms with Crippen LogP contribution in [0.2, 0.25) is 0 Å². The number of benzene rings is 6. The van der Waals surface area contributed by atoms with Gasteiger partial charge in [-0.2, -0.15) is 0 Å². The molecule has 4 aliphatic heterocycles. The molecule has 17 nitrogen and oxygen atoms in total. The van der Waals surface area contributed by atoms with E-state index in [2.05, 4.69) is 130 Å². The maximum atomic E-state index is 12.3. The minimum Gasteiger partial charge on any atom is -0.480 e. The Morgan fingerprint density at radius 3 is 1.00 bits per heavy atom. The van der Waals surface area contributed by atoms with Crippen molar-refractivity contribution in [1.82, 2.24) is 42.5 Å². The first-order valence-corrected chi connectivity index (χ1v) is 30.5. The highest BCUT2D eigenvalue weighted by Gasteiger charge is 2.65. The molecule has 4 heterocycles. The molecule has 4 fully saturated rings. The van der Waals surface area contributed by atoms with E-state index >= 15 is 0 Å². The minimum atomic E-state index is -1.01. The Bertz CT molecular complexity index is 2850. The smallest absolute Gasteiger partial charge is 0.327 e. The number of carboxylic acid groups (broad SMARTS) is 2. The van der Waals surface area contributed by atoms with Crippen molar-refractivity contribution < 1.29 is 39.0 Å². The first-order valence-electron chi connectivity index (χ1n) is 28.7. The van der Waals surface area contributed by atoms with Gasteiger partial charge in [0.15, 0.2) is 0 Å². The summed E-state index contributed by atoms with van der Waals surface area (Å²) in [6.45, 7) is 19.0. The Kier molecular flexibility index (Phi) is 27.1. The summed E-state index contributed by atoms with van der Waals surface area (Å²) in [5.41, 5.74) is 12.5. The fourth-order valence-corrected chi connectivity index (χ4v) is 13.1. The Balaban J connectivity index is 0.000000205. The molecule has 19 heteroatoms. The number of carbonyl (C=O) groups excluding carboxylic acids is 4. The van der Waals surface area contributed by atoms with E-state index in [1.165, 1.54) is 55.6 Å². The van der Waals surface area contributed by atoms with Gasteiger partial charge in [-0.05, 0) is 94.8 Å². The molecule has 0 unspecified atom stereocenters. The molecule has 0 radical (unpaired) electrons. The molecular formula is C67H87N9O8S2. The van der Waals surface area contributed by atoms with Crippen molar-refractivity contribution >= 4 is 59.1 Å². The van der Waals surface area contributed by atoms with Gasteiger partial charge in [-0.1, -0.05) is 182 Å². The number of hydrogen-bond donors (Lipinski definition) is 9. The van der Waals surface area contributed by atoms with Gasteiger partial charge in [-0.25, -0.2) is 9.59 Å². The van der Waals surface area contributed by atoms with Crippen LogP contribution in [0.3, 0.4) is 0 Å². The molecule has 0 spiro atoms. The van der Waals surface area contributed by atoms with Crippen LogP contribution in [-0.2, 0) is 67.7 Å². The molecule has 10 rings (SSSR count). The number of nitrogens with one attached hydrogen (secondary N) is 5. The van der Waals surface area contributed by atoms with Crippen molar-refractivity contribution in [2.75, 3.05) is 19.6 Å². The number of amides is 4. The molecule has 12 N–H and O–H groups in total. The van der Waals surface area contributed by atoms with Crippen LogP contribution in [0.1, 0.15) is 81.8 Å². The van der Waals surface area contributed by atoms with Gasteiger partial charge in [0.2, 0.25) is 23.6 Å². The highest BCUT2D eigenvalue weighted by Crippen LogP contribution is 2.52. The molecular weight excluding hydrogens is 1120 g/mol. The van der Waals surface area contributed by atoms with Gasteiger partial charge in [0.25, 0.3) is 0 Å². The van der Waals surface area contributed by atoms with Crippen LogP contribution in [0.5, 0.6) is 0 Å². The third kappa shape index (κ3) is 21.6. The molecule has 6 aromatic carbocycles. The Labute approximate surface area is 516 Å². The van der Waals surface area contributed by atoms with Crippen molar-refractivity contribution in [2.24, 2.45) is 5.73 Å². The second kappa shape index (κ2) is 33.5. The van der Waals surface area contributed by atoms with Crippen LogP contribution in [0.25, 0.3) is 0 Å². The average molecular weight is 1210 g/mol. The van der Waals surface area contributed by atoms with Crippen LogP contribution in [0, 0.1) is 0 Å². The molecule has 4 amide bonds. The third-order valence-corrected chi connectivity index (χ3v) is 17.0. The van der Waals surface area contributed by atoms with Gasteiger partial charge in [-0.3, -0.25) is 19.2 Å². The SMILES string of the molecule is CC(C)(C)N.CC1(C)S[C@@H]2[C@H](NC(=O)Cc3ccccc3)C(=O)N2[C@H]1C(=O)O.CC1(C)S[C@@H]2[C@H](NC(=O)Cc3ccccc3)C(=O)N2[C@H]1C(=O)O.N.c1ccc(CCNCc2ccccc2)cc1.c1ccc(CNCCNCc2ccccc2)cc1. The van der Waals surface area contributed by atoms with Crippen LogP contribution in [0.15, 0.2) is 182 Å². The number of aliphatic carboxylic acids is 2. The zero-order valence-corrected chi connectivity index (χ0v) is 52.1. The van der Waals surface area contributed by atoms with Crippen molar-refractivity contribution in [2.45, 2.75) is 137 Å². The van der Waals surface area contributed by atoms with E-state index in [1.807, 2.05) is 127 Å². The fraction of sp³-hybridized carbons (Fsp3) is 0.373. The summed E-state index contributed by atoms with van der Waals surface area (Å²) in [7, 11) is 0. The molecule has 0 saturated carbocycles. The number of carboxylic acids is 2. The Morgan fingerprint density at radius 1 is 0.465 bits per heavy atom. The lowest BCUT2D eigenvalue weighted by Gasteiger charge is -2.43. The first kappa shape index (κ1) is 69.4. The van der Waals surface area contributed by atoms with E-state index in [4.69, 9.17) is 5.73 Å². The van der Waals surface area contributed by atoms with Gasteiger partial charge >= 0.3 is 11.9 Å². The number of β-lactam (4-membered cyclic amide) rings is 2. The average Bonchev–Trinajstić information content (AvgIpc) is 1.60. The number of fused-ring (bicyclic) bond motifs is 2. The number of nitrogens with two attached hydrogens (primary N) is 1. The van der Waals surface area contributed by atoms with E-state index in [9.17, 15) is 39.0 Å². The van der Waals surface area contributed by atoms with E-state index in [-0.39, 0.29) is 58.9 Å². The highest BCUT2D eigenvalue weighted by atomic mass is 32.2. The van der Waals surface area contributed by atoms with E-state index in [1.54, 1.807) is 0 Å². The topological polar surface area (TPSA) is 271 Å². The zero-order valence-electron chi connectivity index (χ0n) is 50.5. The predicted molar refractivity (Wildman–Crippen MR) is 345 cm³/mol. The van der Waals surface area contributed by atoms with E-state index < -0.39 is 45.6 Å². The van der Waals surface area contributed by atoms with Crippen LogP contribution < -0.4 is 38.5 Å². The molecule has 4 saturated heterocycles. The summed E-state index contributed by atoms with van der Waals surface area (Å²) in [4.78, 5) is 74.4. The Hall–Kier alpha value is -7.36. The maximum Gasteiger partial charge on any atom is 0.327 e. The van der Waals surface area contributed by atoms with Gasteiger partial charge in [-0.15, -0.1) is 23.5 Å². The van der Waals surface area contributed by atoms with Crippen LogP contribution in [0.4, 0.5) is 0 Å². The lowest BCUT2D eigenvalue weighted by atomic mass is 9.96. The molecule has 86 heavy (non-hydrogen) atoms. The number of hydrogen-bond acceptors (Lipinski definition) is 13. The number of nitrogens with zero attached hydrogens (tertiary/aromatic N) is 2. The molecule has 0 aromatic heterocycles. The zero-order chi connectivity index (χ0) is 61.6. The maximum absolute atomic E-state index is 12.3. The van der Waals surface area contributed by atoms with Crippen molar-refractivity contribution in [3.8, 4) is 0 Å². The van der Waals surface area contributed by atoms with Crippen molar-refractivity contribution in [1.29, 1.82) is 0 Å². The van der Waals surface area contributed by atoms with Gasteiger partial charge in [0, 0.05) is 47.8 Å². The predicted octanol–water partition coefficient (Wildman–Crippen LogP) is 8.21. The monoisotopic (exact) mass is 1210 g/mol. The third-order valence-electron chi connectivity index (χ3n) is 13.8. The quantitative estimate of drug-likeness (QED) is 0.0257. The summed E-state index contributed by atoms with van der Waals surface area (Å²) in [6, 6.07) is 57.6. The Morgan fingerprint density at radius 2 is 0.721 bits per heavy atom. The standard InChI is InChI=1S/2C16H18N2O4S.C16H20N2.C15H17N.C4H11N.H3N/c2*1-16(2)12(15(21)22)18-13(20)11(14(18)23-16)17-10(19)8-9-6-4-3-5-7-9;1-3-7-15(8-4-1)13-17-11-12-18-14-16-9-5-2-6-10-16;1-3-7-14(8-4-1)11-12-16-13-15-9-5-2-6-10-15;1-4(2,3)5;/h2*3-7,11-12,14H,8H2,1-2H3,(H,17,19)(H,21,22);1-10,17-18H,11-14H2;1-10,16H,11-13H2;5H2,1-3H3;1H3/t2*11-,12+,14-;;;;/m11..../s1. The van der Waals surface area contributed by atoms with Crippen LogP contribution >= 0.6 is 23.5 Å². The van der Waals surface area contributed by atoms with Crippen molar-refractivity contribution in [3.05, 3.63) is 215 Å². The molecule has 460 valence electrons. The molecule has 6 atom stereocenters. The normalized spacial score (nSPS) is 19.8. The van der Waals surface area contributed by atoms with Gasteiger partial charge in [0.1, 0.15) is 34.9 Å². The molecule has 0 bridgehead atoms. The lowest BCUT2D eigenvalue weighted by Crippen LogP contribution is -2.70. The fourth-order valence-electron chi connectivity index (χ4n) is 9.84. The molecule has 4 aliphatic rings. The number of thioether (sulfide) groups is 2. The largest absolute Gasteiger partial charge is 0.480 e. The summed E-state index contributed by atoms with van der Waals surface area (Å²) in [6.07, 6.45) is 1.50. The lowest BCUT2D eigenvalue weighted by molar-refractivity contribution is -0.161. The van der Waals surface area contributed by atoms with Gasteiger partial charge < -0.3 is 58.5 Å². The summed E-state index contributed by atoms with van der Waals surface area (Å²) in [5, 5.41) is 33.9. The highest BCUT2D eigenvalue weighted by molar-refractivity contribution is 8.02. The summed E-state index contributed by atoms with van der Waals surface area (Å²) < 4.78 is -1.16. The van der Waals surface area contributed by atoms with E-state index in [0.717, 1.165) is 56.8 Å². The number of rotatable bonds is 20. The second-order valence-electron chi connectivity index (χ2n) is 23.2. The summed E-state index contributed by atoms with van der Waals surface area (Å²) in [5.74, 6) is -3.11.